The Morgan fingerprint density at radius 2 is 2.05 bits per heavy atom. The molecule has 0 saturated heterocycles. The maximum Gasteiger partial charge on any atom is 0.241 e. The van der Waals surface area contributed by atoms with Crippen LogP contribution < -0.4 is 4.72 Å². The van der Waals surface area contributed by atoms with E-state index in [0.717, 1.165) is 5.56 Å². The van der Waals surface area contributed by atoms with Crippen LogP contribution in [0.2, 0.25) is 0 Å². The number of nitrogens with zero attached hydrogens (tertiary/aromatic N) is 1. The van der Waals surface area contributed by atoms with Gasteiger partial charge in [-0.05, 0) is 36.6 Å². The summed E-state index contributed by atoms with van der Waals surface area (Å²) in [5.41, 5.74) is 2.15. The average molecular weight is 312 g/mol. The molecule has 2 rings (SSSR count). The van der Waals surface area contributed by atoms with Crippen molar-refractivity contribution in [3.05, 3.63) is 45.4 Å². The van der Waals surface area contributed by atoms with Gasteiger partial charge in [-0.1, -0.05) is 6.07 Å². The van der Waals surface area contributed by atoms with Crippen molar-refractivity contribution in [1.82, 2.24) is 9.71 Å². The largest absolute Gasteiger partial charge is 0.392 e. The summed E-state index contributed by atoms with van der Waals surface area (Å²) in [4.78, 5) is 4.23. The molecule has 1 aromatic heterocycles. The summed E-state index contributed by atoms with van der Waals surface area (Å²) in [5, 5.41) is 11.8. The van der Waals surface area contributed by atoms with Crippen LogP contribution in [0.25, 0.3) is 0 Å². The fourth-order valence-corrected chi connectivity index (χ4v) is 3.82. The van der Waals surface area contributed by atoms with Crippen molar-refractivity contribution in [2.45, 2.75) is 31.9 Å². The molecule has 0 aliphatic heterocycles. The van der Waals surface area contributed by atoms with E-state index in [9.17, 15) is 13.5 Å². The van der Waals surface area contributed by atoms with Crippen LogP contribution in [-0.4, -0.2) is 18.5 Å². The van der Waals surface area contributed by atoms with Crippen molar-refractivity contribution in [1.29, 1.82) is 0 Å². The van der Waals surface area contributed by atoms with E-state index in [1.165, 1.54) is 17.4 Å². The summed E-state index contributed by atoms with van der Waals surface area (Å²) in [6.45, 7) is 3.58. The van der Waals surface area contributed by atoms with Crippen LogP contribution in [0.3, 0.4) is 0 Å². The first-order valence-corrected chi connectivity index (χ1v) is 8.39. The first-order valence-electron chi connectivity index (χ1n) is 6.03. The Balaban J connectivity index is 2.29. The Bertz CT molecular complexity index is 695. The van der Waals surface area contributed by atoms with E-state index in [2.05, 4.69) is 9.71 Å². The molecular formula is C13H16N2O3S2. The lowest BCUT2D eigenvalue weighted by atomic mass is 10.1. The molecule has 0 fully saturated rings. The zero-order chi connectivity index (χ0) is 14.8. The Morgan fingerprint density at radius 1 is 1.30 bits per heavy atom. The number of hydrogen-bond donors (Lipinski definition) is 2. The third-order valence-electron chi connectivity index (χ3n) is 2.99. The number of benzene rings is 1. The van der Waals surface area contributed by atoms with Crippen LogP contribution in [-0.2, 0) is 23.2 Å². The summed E-state index contributed by atoms with van der Waals surface area (Å²) in [6, 6.07) is 3.29. The second-order valence-electron chi connectivity index (χ2n) is 4.45. The molecule has 2 aromatic rings. The number of thiazole rings is 1. The summed E-state index contributed by atoms with van der Waals surface area (Å²) in [5.74, 6) is 0. The van der Waals surface area contributed by atoms with Crippen molar-refractivity contribution in [3.63, 3.8) is 0 Å². The van der Waals surface area contributed by atoms with Crippen molar-refractivity contribution < 1.29 is 13.5 Å². The Labute approximate surface area is 122 Å². The monoisotopic (exact) mass is 312 g/mol. The first kappa shape index (κ1) is 15.1. The van der Waals surface area contributed by atoms with Gasteiger partial charge in [0.15, 0.2) is 0 Å². The third-order valence-corrected chi connectivity index (χ3v) is 5.31. The summed E-state index contributed by atoms with van der Waals surface area (Å²) < 4.78 is 27.2. The van der Waals surface area contributed by atoms with Gasteiger partial charge >= 0.3 is 0 Å². The third kappa shape index (κ3) is 3.24. The number of nitrogens with one attached hydrogen (secondary N) is 1. The molecule has 0 bridgehead atoms. The van der Waals surface area contributed by atoms with Crippen molar-refractivity contribution in [2.75, 3.05) is 0 Å². The first-order chi connectivity index (χ1) is 9.44. The summed E-state index contributed by atoms with van der Waals surface area (Å²) in [6.07, 6.45) is 1.63. The fourth-order valence-electron chi connectivity index (χ4n) is 1.91. The van der Waals surface area contributed by atoms with Crippen molar-refractivity contribution in [2.24, 2.45) is 0 Å². The minimum absolute atomic E-state index is 0.168. The fraction of sp³-hybridized carbons (Fsp3) is 0.308. The SMILES string of the molecule is Cc1cc(C)c(S(=O)(=O)NCc2nccs2)cc1CO. The Morgan fingerprint density at radius 3 is 2.65 bits per heavy atom. The van der Waals surface area contributed by atoms with Gasteiger partial charge in [-0.2, -0.15) is 0 Å². The molecule has 20 heavy (non-hydrogen) atoms. The zero-order valence-corrected chi connectivity index (χ0v) is 12.9. The lowest BCUT2D eigenvalue weighted by molar-refractivity contribution is 0.280. The van der Waals surface area contributed by atoms with E-state index in [4.69, 9.17) is 0 Å². The lowest BCUT2D eigenvalue weighted by Gasteiger charge is -2.12. The van der Waals surface area contributed by atoms with Gasteiger partial charge < -0.3 is 5.11 Å². The molecule has 1 aromatic carbocycles. The van der Waals surface area contributed by atoms with Gasteiger partial charge in [-0.3, -0.25) is 0 Å². The van der Waals surface area contributed by atoms with Crippen molar-refractivity contribution in [3.8, 4) is 0 Å². The highest BCUT2D eigenvalue weighted by molar-refractivity contribution is 7.89. The number of aliphatic hydroxyl groups excluding tert-OH is 1. The normalized spacial score (nSPS) is 11.8. The van der Waals surface area contributed by atoms with Gasteiger partial charge in [0.1, 0.15) is 5.01 Å². The van der Waals surface area contributed by atoms with Crippen LogP contribution in [0.5, 0.6) is 0 Å². The molecule has 0 saturated carbocycles. The minimum atomic E-state index is -3.61. The molecule has 0 aliphatic rings. The van der Waals surface area contributed by atoms with Crippen LogP contribution in [0.15, 0.2) is 28.6 Å². The molecular weight excluding hydrogens is 296 g/mol. The zero-order valence-electron chi connectivity index (χ0n) is 11.3. The smallest absolute Gasteiger partial charge is 0.241 e. The molecule has 5 nitrogen and oxygen atoms in total. The molecule has 108 valence electrons. The second kappa shape index (κ2) is 6.01. The number of aryl methyl sites for hydroxylation is 2. The Kier molecular flexibility index (Phi) is 4.54. The number of aliphatic hydroxyl groups is 1. The average Bonchev–Trinajstić information content (AvgIpc) is 2.89. The van der Waals surface area contributed by atoms with E-state index in [0.29, 0.717) is 16.1 Å². The lowest BCUT2D eigenvalue weighted by Crippen LogP contribution is -2.24. The molecule has 0 unspecified atom stereocenters. The van der Waals surface area contributed by atoms with E-state index in [1.54, 1.807) is 24.6 Å². The van der Waals surface area contributed by atoms with Crippen LogP contribution >= 0.6 is 11.3 Å². The van der Waals surface area contributed by atoms with E-state index in [-0.39, 0.29) is 18.0 Å². The predicted octanol–water partition coefficient (Wildman–Crippen LogP) is 1.73. The van der Waals surface area contributed by atoms with E-state index in [1.807, 2.05) is 6.92 Å². The highest BCUT2D eigenvalue weighted by Gasteiger charge is 2.18. The predicted molar refractivity (Wildman–Crippen MR) is 78.0 cm³/mol. The minimum Gasteiger partial charge on any atom is -0.392 e. The molecule has 2 N–H and O–H groups in total. The van der Waals surface area contributed by atoms with Gasteiger partial charge in [0.05, 0.1) is 18.0 Å². The van der Waals surface area contributed by atoms with Gasteiger partial charge in [-0.25, -0.2) is 18.1 Å². The highest BCUT2D eigenvalue weighted by Crippen LogP contribution is 2.21. The van der Waals surface area contributed by atoms with Crippen LogP contribution in [0.4, 0.5) is 0 Å². The topological polar surface area (TPSA) is 79.3 Å². The van der Waals surface area contributed by atoms with Crippen LogP contribution in [0.1, 0.15) is 21.7 Å². The summed E-state index contributed by atoms with van der Waals surface area (Å²) >= 11 is 1.40. The molecule has 7 heteroatoms. The molecule has 1 heterocycles. The van der Waals surface area contributed by atoms with E-state index >= 15 is 0 Å². The molecule has 0 spiro atoms. The maximum atomic E-state index is 12.3. The maximum absolute atomic E-state index is 12.3. The molecule has 0 aliphatic carbocycles. The van der Waals surface area contributed by atoms with Gasteiger partial charge in [0.2, 0.25) is 10.0 Å². The van der Waals surface area contributed by atoms with E-state index < -0.39 is 10.0 Å². The number of hydrogen-bond acceptors (Lipinski definition) is 5. The highest BCUT2D eigenvalue weighted by atomic mass is 32.2. The quantitative estimate of drug-likeness (QED) is 0.881. The second-order valence-corrected chi connectivity index (χ2v) is 7.17. The standard InChI is InChI=1S/C13H16N2O3S2/c1-9-5-10(2)12(6-11(9)8-16)20(17,18)15-7-13-14-3-4-19-13/h3-6,15-16H,7-8H2,1-2H3. The molecule has 0 atom stereocenters. The molecule has 0 amide bonds. The summed E-state index contributed by atoms with van der Waals surface area (Å²) in [7, 11) is -3.61. The van der Waals surface area contributed by atoms with Gasteiger partial charge in [0.25, 0.3) is 0 Å². The number of aromatic nitrogens is 1. The van der Waals surface area contributed by atoms with Gasteiger partial charge in [-0.15, -0.1) is 11.3 Å². The van der Waals surface area contributed by atoms with Gasteiger partial charge in [0, 0.05) is 11.6 Å². The van der Waals surface area contributed by atoms with Crippen molar-refractivity contribution >= 4 is 21.4 Å². The molecule has 0 radical (unpaired) electrons. The Hall–Kier alpha value is -1.28. The number of rotatable bonds is 5. The number of sulfonamides is 1. The van der Waals surface area contributed by atoms with Crippen LogP contribution in [0, 0.1) is 13.8 Å².